The Morgan fingerprint density at radius 1 is 1.31 bits per heavy atom. The first-order chi connectivity index (χ1) is 12.2. The summed E-state index contributed by atoms with van der Waals surface area (Å²) >= 11 is 1.55. The summed E-state index contributed by atoms with van der Waals surface area (Å²) in [7, 11) is 0. The van der Waals surface area contributed by atoms with Gasteiger partial charge in [-0.05, 0) is 64.3 Å². The Morgan fingerprint density at radius 2 is 2.08 bits per heavy atom. The summed E-state index contributed by atoms with van der Waals surface area (Å²) in [6, 6.07) is 5.46. The van der Waals surface area contributed by atoms with Crippen LogP contribution in [-0.2, 0) is 22.4 Å². The third-order valence-electron chi connectivity index (χ3n) is 4.13. The van der Waals surface area contributed by atoms with Crippen LogP contribution < -0.4 is 4.90 Å². The molecule has 1 aliphatic heterocycles. The number of esters is 1. The van der Waals surface area contributed by atoms with E-state index >= 15 is 0 Å². The molecule has 0 unspecified atom stereocenters. The normalized spacial score (nSPS) is 14.1. The maximum atomic E-state index is 12.7. The van der Waals surface area contributed by atoms with Gasteiger partial charge < -0.3 is 9.64 Å². The average molecular weight is 372 g/mol. The minimum atomic E-state index is -0.527. The molecule has 6 heteroatoms. The number of benzene rings is 1. The molecule has 0 fully saturated rings. The molecule has 3 rings (SSSR count). The predicted molar refractivity (Wildman–Crippen MR) is 103 cm³/mol. The SMILES string of the molecule is Cc1nc(CC(=O)N2CCCc3cc(C(=O)OC(C)(C)C)ccc32)cs1. The van der Waals surface area contributed by atoms with Crippen molar-refractivity contribution in [1.82, 2.24) is 4.98 Å². The number of hydrogen-bond acceptors (Lipinski definition) is 5. The predicted octanol–water partition coefficient (Wildman–Crippen LogP) is 3.93. The molecule has 1 aliphatic rings. The highest BCUT2D eigenvalue weighted by Gasteiger charge is 2.25. The van der Waals surface area contributed by atoms with Gasteiger partial charge in [-0.3, -0.25) is 4.79 Å². The van der Waals surface area contributed by atoms with Crippen molar-refractivity contribution in [1.29, 1.82) is 0 Å². The third-order valence-corrected chi connectivity index (χ3v) is 4.96. The highest BCUT2D eigenvalue weighted by molar-refractivity contribution is 7.09. The van der Waals surface area contributed by atoms with E-state index in [1.54, 1.807) is 17.4 Å². The van der Waals surface area contributed by atoms with E-state index in [4.69, 9.17) is 4.74 Å². The first-order valence-electron chi connectivity index (χ1n) is 8.80. The maximum Gasteiger partial charge on any atom is 0.338 e. The van der Waals surface area contributed by atoms with E-state index in [0.717, 1.165) is 34.8 Å². The Morgan fingerprint density at radius 3 is 2.73 bits per heavy atom. The summed E-state index contributed by atoms with van der Waals surface area (Å²) in [5, 5.41) is 2.90. The number of fused-ring (bicyclic) bond motifs is 1. The Labute approximate surface area is 158 Å². The topological polar surface area (TPSA) is 59.5 Å². The Balaban J connectivity index is 1.79. The molecule has 0 N–H and O–H groups in total. The number of thiazole rings is 1. The number of hydrogen-bond donors (Lipinski definition) is 0. The van der Waals surface area contributed by atoms with E-state index in [-0.39, 0.29) is 11.9 Å². The van der Waals surface area contributed by atoms with E-state index in [1.807, 2.05) is 50.1 Å². The number of carbonyl (C=O) groups excluding carboxylic acids is 2. The number of aromatic nitrogens is 1. The minimum absolute atomic E-state index is 0.0428. The molecule has 0 spiro atoms. The zero-order valence-corrected chi connectivity index (χ0v) is 16.5. The van der Waals surface area contributed by atoms with Crippen LogP contribution in [0.3, 0.4) is 0 Å². The Kier molecular flexibility index (Phi) is 5.14. The molecular weight excluding hydrogens is 348 g/mol. The first kappa shape index (κ1) is 18.6. The van der Waals surface area contributed by atoms with E-state index in [0.29, 0.717) is 18.5 Å². The second kappa shape index (κ2) is 7.19. The highest BCUT2D eigenvalue weighted by Crippen LogP contribution is 2.29. The number of nitrogens with zero attached hydrogens (tertiary/aromatic N) is 2. The zero-order valence-electron chi connectivity index (χ0n) is 15.7. The van der Waals surface area contributed by atoms with Gasteiger partial charge in [-0.25, -0.2) is 9.78 Å². The number of aryl methyl sites for hydroxylation is 2. The summed E-state index contributed by atoms with van der Waals surface area (Å²) in [6.07, 6.45) is 2.04. The minimum Gasteiger partial charge on any atom is -0.456 e. The van der Waals surface area contributed by atoms with Crippen LogP contribution in [0.5, 0.6) is 0 Å². The second-order valence-electron chi connectivity index (χ2n) is 7.53. The fraction of sp³-hybridized carbons (Fsp3) is 0.450. The van der Waals surface area contributed by atoms with Gasteiger partial charge in [0, 0.05) is 17.6 Å². The monoisotopic (exact) mass is 372 g/mol. The summed E-state index contributed by atoms with van der Waals surface area (Å²) in [4.78, 5) is 31.2. The van der Waals surface area contributed by atoms with Gasteiger partial charge in [-0.15, -0.1) is 11.3 Å². The van der Waals surface area contributed by atoms with E-state index < -0.39 is 5.60 Å². The zero-order chi connectivity index (χ0) is 18.9. The van der Waals surface area contributed by atoms with Crippen LogP contribution in [0.25, 0.3) is 0 Å². The molecule has 5 nitrogen and oxygen atoms in total. The van der Waals surface area contributed by atoms with Gasteiger partial charge in [0.25, 0.3) is 0 Å². The van der Waals surface area contributed by atoms with Crippen molar-refractivity contribution in [2.45, 2.75) is 52.6 Å². The lowest BCUT2D eigenvalue weighted by molar-refractivity contribution is -0.118. The number of carbonyl (C=O) groups is 2. The lowest BCUT2D eigenvalue weighted by Crippen LogP contribution is -2.36. The van der Waals surface area contributed by atoms with Gasteiger partial charge in [-0.2, -0.15) is 0 Å². The van der Waals surface area contributed by atoms with Crippen LogP contribution in [0.15, 0.2) is 23.6 Å². The van der Waals surface area contributed by atoms with Gasteiger partial charge in [0.15, 0.2) is 0 Å². The molecule has 2 aromatic rings. The van der Waals surface area contributed by atoms with Crippen molar-refractivity contribution in [2.24, 2.45) is 0 Å². The number of amides is 1. The van der Waals surface area contributed by atoms with Crippen molar-refractivity contribution in [3.8, 4) is 0 Å². The van der Waals surface area contributed by atoms with Crippen molar-refractivity contribution >= 4 is 28.9 Å². The second-order valence-corrected chi connectivity index (χ2v) is 8.59. The molecule has 1 aromatic heterocycles. The molecule has 0 saturated carbocycles. The highest BCUT2D eigenvalue weighted by atomic mass is 32.1. The molecule has 1 amide bonds. The van der Waals surface area contributed by atoms with Crippen LogP contribution in [0.2, 0.25) is 0 Å². The average Bonchev–Trinajstić information content (AvgIpc) is 2.97. The molecule has 1 aromatic carbocycles. The number of anilines is 1. The van der Waals surface area contributed by atoms with Crippen LogP contribution in [0.4, 0.5) is 5.69 Å². The molecule has 138 valence electrons. The van der Waals surface area contributed by atoms with E-state index in [9.17, 15) is 9.59 Å². The maximum absolute atomic E-state index is 12.7. The fourth-order valence-electron chi connectivity index (χ4n) is 3.06. The summed E-state index contributed by atoms with van der Waals surface area (Å²) in [6.45, 7) is 8.19. The summed E-state index contributed by atoms with van der Waals surface area (Å²) < 4.78 is 5.44. The molecule has 0 bridgehead atoms. The molecule has 2 heterocycles. The van der Waals surface area contributed by atoms with E-state index in [1.165, 1.54) is 0 Å². The number of rotatable bonds is 3. The van der Waals surface area contributed by atoms with Crippen LogP contribution >= 0.6 is 11.3 Å². The van der Waals surface area contributed by atoms with Crippen molar-refractivity contribution in [3.63, 3.8) is 0 Å². The third kappa shape index (κ3) is 4.30. The molecule has 0 radical (unpaired) electrons. The molecule has 0 aliphatic carbocycles. The molecule has 0 saturated heterocycles. The summed E-state index contributed by atoms with van der Waals surface area (Å²) in [5.74, 6) is -0.289. The van der Waals surface area contributed by atoms with E-state index in [2.05, 4.69) is 4.98 Å². The molecular formula is C20H24N2O3S. The summed E-state index contributed by atoms with van der Waals surface area (Å²) in [5.41, 5.74) is 2.72. The van der Waals surface area contributed by atoms with Crippen LogP contribution in [-0.4, -0.2) is 29.0 Å². The van der Waals surface area contributed by atoms with Crippen molar-refractivity contribution < 1.29 is 14.3 Å². The lowest BCUT2D eigenvalue weighted by Gasteiger charge is -2.30. The Bertz CT molecular complexity index is 836. The molecule has 26 heavy (non-hydrogen) atoms. The van der Waals surface area contributed by atoms with Gasteiger partial charge in [0.05, 0.1) is 22.7 Å². The lowest BCUT2D eigenvalue weighted by atomic mass is 9.98. The first-order valence-corrected chi connectivity index (χ1v) is 9.68. The quantitative estimate of drug-likeness (QED) is 0.766. The van der Waals surface area contributed by atoms with Crippen LogP contribution in [0.1, 0.15) is 53.8 Å². The number of ether oxygens (including phenoxy) is 1. The largest absolute Gasteiger partial charge is 0.456 e. The Hall–Kier alpha value is -2.21. The smallest absolute Gasteiger partial charge is 0.338 e. The van der Waals surface area contributed by atoms with Gasteiger partial charge in [0.2, 0.25) is 5.91 Å². The standard InChI is InChI=1S/C20H24N2O3S/c1-13-21-16(12-26-13)11-18(23)22-9-5-6-14-10-15(7-8-17(14)22)19(24)25-20(2,3)4/h7-8,10,12H,5-6,9,11H2,1-4H3. The fourth-order valence-corrected chi connectivity index (χ4v) is 3.67. The van der Waals surface area contributed by atoms with Gasteiger partial charge in [-0.1, -0.05) is 0 Å². The van der Waals surface area contributed by atoms with Crippen molar-refractivity contribution in [3.05, 3.63) is 45.4 Å². The van der Waals surface area contributed by atoms with Crippen molar-refractivity contribution in [2.75, 3.05) is 11.4 Å². The van der Waals surface area contributed by atoms with Gasteiger partial charge in [0.1, 0.15) is 5.60 Å². The van der Waals surface area contributed by atoms with Gasteiger partial charge >= 0.3 is 5.97 Å². The molecule has 0 atom stereocenters. The van der Waals surface area contributed by atoms with Crippen LogP contribution in [0, 0.1) is 6.92 Å².